The summed E-state index contributed by atoms with van der Waals surface area (Å²) in [5.41, 5.74) is 0. The number of aliphatic hydroxyl groups is 2. The molecule has 0 amide bonds. The van der Waals surface area contributed by atoms with Crippen molar-refractivity contribution < 1.29 is 52.3 Å². The van der Waals surface area contributed by atoms with Gasteiger partial charge in [0.2, 0.25) is 0 Å². The molecule has 0 rings (SSSR count). The Balaban J connectivity index is 4.61. The fourth-order valence-electron chi connectivity index (χ4n) is 5.47. The maximum Gasteiger partial charge on any atom is 0.306 e. The molecular formula is C48H82NO10P. The van der Waals surface area contributed by atoms with Crippen LogP contribution < -0.4 is 4.89 Å². The quantitative estimate of drug-likeness (QED) is 0.0201. The van der Waals surface area contributed by atoms with E-state index in [0.29, 0.717) is 36.7 Å². The van der Waals surface area contributed by atoms with Crippen LogP contribution in [0.1, 0.15) is 142 Å². The fourth-order valence-corrected chi connectivity index (χ4v) is 6.19. The molecule has 1 unspecified atom stereocenters. The lowest BCUT2D eigenvalue weighted by Gasteiger charge is -2.28. The summed E-state index contributed by atoms with van der Waals surface area (Å²) in [6, 6.07) is 0. The maximum atomic E-state index is 12.7. The van der Waals surface area contributed by atoms with Crippen molar-refractivity contribution in [1.29, 1.82) is 0 Å². The van der Waals surface area contributed by atoms with Gasteiger partial charge in [-0.25, -0.2) is 0 Å². The number of esters is 2. The Morgan fingerprint density at radius 1 is 0.617 bits per heavy atom. The second-order valence-electron chi connectivity index (χ2n) is 16.0. The third kappa shape index (κ3) is 40.5. The lowest BCUT2D eigenvalue weighted by molar-refractivity contribution is -0.870. The minimum atomic E-state index is -4.69. The van der Waals surface area contributed by atoms with Crippen LogP contribution >= 0.6 is 7.82 Å². The van der Waals surface area contributed by atoms with Gasteiger partial charge in [0.05, 0.1) is 40.0 Å². The zero-order valence-corrected chi connectivity index (χ0v) is 38.7. The van der Waals surface area contributed by atoms with E-state index in [1.165, 1.54) is 12.8 Å². The Labute approximate surface area is 364 Å². The molecule has 0 bridgehead atoms. The molecule has 0 saturated carbocycles. The summed E-state index contributed by atoms with van der Waals surface area (Å²) in [4.78, 5) is 37.5. The number of unbranched alkanes of at least 4 members (excludes halogenated alkanes) is 7. The van der Waals surface area contributed by atoms with E-state index in [2.05, 4.69) is 80.7 Å². The van der Waals surface area contributed by atoms with Gasteiger partial charge in [0.1, 0.15) is 19.8 Å². The number of rotatable bonds is 39. The lowest BCUT2D eigenvalue weighted by Crippen LogP contribution is -2.37. The van der Waals surface area contributed by atoms with E-state index in [4.69, 9.17) is 18.5 Å². The van der Waals surface area contributed by atoms with Crippen molar-refractivity contribution in [3.05, 3.63) is 85.1 Å². The Hall–Kier alpha value is -2.89. The van der Waals surface area contributed by atoms with Gasteiger partial charge in [0, 0.05) is 12.8 Å². The highest BCUT2D eigenvalue weighted by Crippen LogP contribution is 2.38. The monoisotopic (exact) mass is 864 g/mol. The third-order valence-corrected chi connectivity index (χ3v) is 10.1. The minimum Gasteiger partial charge on any atom is -0.756 e. The molecule has 11 nitrogen and oxygen atoms in total. The molecule has 0 fully saturated rings. The van der Waals surface area contributed by atoms with Crippen LogP contribution in [-0.4, -0.2) is 92.5 Å². The van der Waals surface area contributed by atoms with Crippen LogP contribution in [0.5, 0.6) is 0 Å². The number of hydrogen-bond donors (Lipinski definition) is 2. The van der Waals surface area contributed by atoms with Gasteiger partial charge in [0.15, 0.2) is 6.10 Å². The van der Waals surface area contributed by atoms with E-state index < -0.39 is 44.7 Å². The molecule has 0 aliphatic heterocycles. The molecule has 12 heteroatoms. The van der Waals surface area contributed by atoms with Gasteiger partial charge in [0.25, 0.3) is 7.82 Å². The molecule has 0 aliphatic rings. The molecule has 0 saturated heterocycles. The van der Waals surface area contributed by atoms with E-state index in [1.54, 1.807) is 0 Å². The molecule has 4 atom stereocenters. The second-order valence-corrected chi connectivity index (χ2v) is 17.4. The minimum absolute atomic E-state index is 0.0633. The number of allylic oxidation sites excluding steroid dienone is 13. The van der Waals surface area contributed by atoms with E-state index in [0.717, 1.165) is 77.0 Å². The molecule has 0 spiro atoms. The van der Waals surface area contributed by atoms with E-state index in [9.17, 15) is 29.3 Å². The van der Waals surface area contributed by atoms with Crippen LogP contribution in [0.4, 0.5) is 0 Å². The number of ether oxygens (including phenoxy) is 2. The van der Waals surface area contributed by atoms with Gasteiger partial charge in [-0.15, -0.1) is 0 Å². The van der Waals surface area contributed by atoms with Gasteiger partial charge >= 0.3 is 11.9 Å². The summed E-state index contributed by atoms with van der Waals surface area (Å²) < 4.78 is 33.7. The predicted molar refractivity (Wildman–Crippen MR) is 243 cm³/mol. The first-order valence-corrected chi connectivity index (χ1v) is 23.9. The highest BCUT2D eigenvalue weighted by molar-refractivity contribution is 7.45. The molecule has 0 heterocycles. The van der Waals surface area contributed by atoms with Crippen molar-refractivity contribution in [2.24, 2.45) is 0 Å². The number of quaternary nitrogens is 1. The van der Waals surface area contributed by atoms with Crippen molar-refractivity contribution in [1.82, 2.24) is 0 Å². The molecule has 344 valence electrons. The Morgan fingerprint density at radius 3 is 1.75 bits per heavy atom. The number of nitrogens with zero attached hydrogens (tertiary/aromatic N) is 1. The molecule has 2 N–H and O–H groups in total. The van der Waals surface area contributed by atoms with Crippen molar-refractivity contribution in [3.63, 3.8) is 0 Å². The van der Waals surface area contributed by atoms with E-state index in [-0.39, 0.29) is 26.1 Å². The average molecular weight is 864 g/mol. The van der Waals surface area contributed by atoms with Crippen molar-refractivity contribution in [2.75, 3.05) is 47.5 Å². The predicted octanol–water partition coefficient (Wildman–Crippen LogP) is 10.1. The number of aliphatic hydroxyl groups excluding tert-OH is 2. The summed E-state index contributed by atoms with van der Waals surface area (Å²) >= 11 is 0. The molecular weight excluding hydrogens is 781 g/mol. The zero-order chi connectivity index (χ0) is 44.6. The smallest absolute Gasteiger partial charge is 0.306 e. The maximum absolute atomic E-state index is 12.7. The van der Waals surface area contributed by atoms with Crippen molar-refractivity contribution >= 4 is 19.8 Å². The van der Waals surface area contributed by atoms with Crippen LogP contribution in [0.25, 0.3) is 0 Å². The van der Waals surface area contributed by atoms with E-state index >= 15 is 0 Å². The first kappa shape index (κ1) is 57.1. The van der Waals surface area contributed by atoms with Crippen LogP contribution in [0.15, 0.2) is 85.1 Å². The summed E-state index contributed by atoms with van der Waals surface area (Å²) in [5.74, 6) is -1.05. The Kier molecular flexibility index (Phi) is 37.1. The number of likely N-dealkylation sites (N-methyl/N-ethyl adjacent to an activating group) is 1. The highest BCUT2D eigenvalue weighted by Gasteiger charge is 2.21. The first-order chi connectivity index (χ1) is 28.8. The van der Waals surface area contributed by atoms with Gasteiger partial charge in [-0.1, -0.05) is 137 Å². The van der Waals surface area contributed by atoms with Crippen LogP contribution in [0.3, 0.4) is 0 Å². The molecule has 0 aromatic rings. The number of phosphoric ester groups is 1. The second kappa shape index (κ2) is 39.0. The molecule has 0 aliphatic carbocycles. The van der Waals surface area contributed by atoms with E-state index in [1.807, 2.05) is 39.4 Å². The first-order valence-electron chi connectivity index (χ1n) is 22.5. The highest BCUT2D eigenvalue weighted by atomic mass is 31.2. The normalized spacial score (nSPS) is 15.4. The number of carbonyl (C=O) groups excluding carboxylic acids is 2. The summed E-state index contributed by atoms with van der Waals surface area (Å²) in [5, 5.41) is 20.5. The number of phosphoric acid groups is 1. The molecule has 0 aromatic carbocycles. The lowest BCUT2D eigenvalue weighted by atomic mass is 10.0. The topological polar surface area (TPSA) is 152 Å². The molecule has 60 heavy (non-hydrogen) atoms. The summed E-state index contributed by atoms with van der Waals surface area (Å²) in [7, 11) is 1.02. The SMILES string of the molecule is CC/C=C\C/C=C\C/C=C\C/C=C\C/C=C\C/C=C\CCC(=O)O[C@H](COC(=O)CCCCCCC[C@@H](O)[C@H](O)C/C=C\CCCCC)COP(=O)([O-])OCC[N+](C)(C)C. The number of carbonyl (C=O) groups is 2. The average Bonchev–Trinajstić information content (AvgIpc) is 3.19. The third-order valence-electron chi connectivity index (χ3n) is 9.11. The zero-order valence-electron chi connectivity index (χ0n) is 37.8. The van der Waals surface area contributed by atoms with Gasteiger partial charge in [-0.2, -0.15) is 0 Å². The van der Waals surface area contributed by atoms with Gasteiger partial charge < -0.3 is 38.1 Å². The summed E-state index contributed by atoms with van der Waals surface area (Å²) in [6.07, 6.45) is 42.2. The van der Waals surface area contributed by atoms with Crippen molar-refractivity contribution in [3.8, 4) is 0 Å². The van der Waals surface area contributed by atoms with Crippen molar-refractivity contribution in [2.45, 2.75) is 161 Å². The standard InChI is InChI=1S/C48H82NO10P/c1-6-8-10-12-14-15-16-17-18-19-20-21-22-23-24-25-26-30-35-39-48(53)59-44(43-58-60(54,55)57-41-40-49(3,4)5)42-56-47(52)38-34-31-27-29-33-37-46(51)45(50)36-32-28-13-11-9-7-2/h8,10,14-15,17-18,20-21,23-24,26,28,30,32,44-46,50-51H,6-7,9,11-13,16,19,22,25,27,29,31,33-43H2,1-5H3/b10-8-,15-14-,18-17-,21-20-,24-23-,30-26-,32-28-/t44-,45-,46-/m1/s1. The Morgan fingerprint density at radius 2 is 1.17 bits per heavy atom. The van der Waals surface area contributed by atoms with Crippen LogP contribution in [0, 0.1) is 0 Å². The Bertz CT molecular complexity index is 1330. The summed E-state index contributed by atoms with van der Waals surface area (Å²) in [6.45, 7) is 3.76. The fraction of sp³-hybridized carbons (Fsp3) is 0.667. The van der Waals surface area contributed by atoms with Crippen LogP contribution in [0.2, 0.25) is 0 Å². The van der Waals surface area contributed by atoms with Gasteiger partial charge in [-0.3, -0.25) is 14.2 Å². The van der Waals surface area contributed by atoms with Gasteiger partial charge in [-0.05, 0) is 77.0 Å². The number of hydrogen-bond acceptors (Lipinski definition) is 10. The largest absolute Gasteiger partial charge is 0.756 e. The van der Waals surface area contributed by atoms with Crippen LogP contribution in [-0.2, 0) is 32.7 Å². The molecule has 0 aromatic heterocycles. The molecule has 0 radical (unpaired) electrons.